The highest BCUT2D eigenvalue weighted by atomic mass is 16.5. The van der Waals surface area contributed by atoms with E-state index in [1.165, 1.54) is 5.56 Å². The van der Waals surface area contributed by atoms with Gasteiger partial charge in [0.1, 0.15) is 5.75 Å². The van der Waals surface area contributed by atoms with Crippen LogP contribution in [0.1, 0.15) is 23.6 Å². The fourth-order valence-electron chi connectivity index (χ4n) is 2.37. The third-order valence-electron chi connectivity index (χ3n) is 4.08. The van der Waals surface area contributed by atoms with Gasteiger partial charge in [-0.15, -0.1) is 0 Å². The zero-order valence-corrected chi connectivity index (χ0v) is 15.4. The van der Waals surface area contributed by atoms with Crippen molar-refractivity contribution in [1.82, 2.24) is 5.32 Å². The van der Waals surface area contributed by atoms with Gasteiger partial charge in [-0.3, -0.25) is 4.79 Å². The van der Waals surface area contributed by atoms with Crippen molar-refractivity contribution in [2.24, 2.45) is 0 Å². The zero-order valence-electron chi connectivity index (χ0n) is 15.4. The molecule has 0 aromatic heterocycles. The van der Waals surface area contributed by atoms with E-state index in [4.69, 9.17) is 14.2 Å². The molecule has 0 heterocycles. The first-order valence-corrected chi connectivity index (χ1v) is 8.17. The number of carbonyl (C=O) groups excluding carboxylic acids is 1. The quantitative estimate of drug-likeness (QED) is 0.837. The van der Waals surface area contributed by atoms with Crippen LogP contribution in [-0.2, 0) is 11.3 Å². The molecule has 2 aromatic rings. The van der Waals surface area contributed by atoms with Gasteiger partial charge in [0, 0.05) is 6.54 Å². The van der Waals surface area contributed by atoms with Crippen molar-refractivity contribution in [3.63, 3.8) is 0 Å². The smallest absolute Gasteiger partial charge is 0.261 e. The minimum atomic E-state index is -0.581. The standard InChI is InChI=1S/C20H25NO4/c1-13-6-8-17(10-14(13)2)25-15(3)20(22)21-12-16-7-9-18(23-4)19(11-16)24-5/h6-11,15H,12H2,1-5H3,(H,21,22)/t15-/m1/s1. The molecule has 2 rings (SSSR count). The highest BCUT2D eigenvalue weighted by molar-refractivity contribution is 5.80. The van der Waals surface area contributed by atoms with Gasteiger partial charge in [-0.25, -0.2) is 0 Å². The number of aryl methyl sites for hydroxylation is 2. The Balaban J connectivity index is 1.94. The van der Waals surface area contributed by atoms with Crippen molar-refractivity contribution in [2.45, 2.75) is 33.4 Å². The van der Waals surface area contributed by atoms with Gasteiger partial charge in [-0.05, 0) is 61.7 Å². The van der Waals surface area contributed by atoms with Crippen molar-refractivity contribution >= 4 is 5.91 Å². The number of ether oxygens (including phenoxy) is 3. The van der Waals surface area contributed by atoms with E-state index in [2.05, 4.69) is 5.32 Å². The van der Waals surface area contributed by atoms with Crippen LogP contribution in [0.4, 0.5) is 0 Å². The third-order valence-corrected chi connectivity index (χ3v) is 4.08. The van der Waals surface area contributed by atoms with E-state index in [9.17, 15) is 4.79 Å². The molecule has 0 bridgehead atoms. The molecule has 25 heavy (non-hydrogen) atoms. The molecular formula is C20H25NO4. The van der Waals surface area contributed by atoms with Crippen molar-refractivity contribution in [3.05, 3.63) is 53.1 Å². The van der Waals surface area contributed by atoms with Gasteiger partial charge in [-0.2, -0.15) is 0 Å². The normalized spacial score (nSPS) is 11.6. The molecule has 5 heteroatoms. The summed E-state index contributed by atoms with van der Waals surface area (Å²) in [5.41, 5.74) is 3.25. The number of nitrogens with one attached hydrogen (secondary N) is 1. The number of benzene rings is 2. The molecule has 0 aliphatic carbocycles. The Kier molecular flexibility index (Phi) is 6.28. The lowest BCUT2D eigenvalue weighted by atomic mass is 10.1. The van der Waals surface area contributed by atoms with E-state index < -0.39 is 6.10 Å². The Bertz CT molecular complexity index is 742. The maximum absolute atomic E-state index is 12.3. The zero-order chi connectivity index (χ0) is 18.4. The summed E-state index contributed by atoms with van der Waals surface area (Å²) in [5.74, 6) is 1.81. The lowest BCUT2D eigenvalue weighted by Crippen LogP contribution is -2.35. The molecule has 2 aromatic carbocycles. The summed E-state index contributed by atoms with van der Waals surface area (Å²) in [6.07, 6.45) is -0.581. The Hall–Kier alpha value is -2.69. The number of carbonyl (C=O) groups is 1. The first-order chi connectivity index (χ1) is 11.9. The van der Waals surface area contributed by atoms with Crippen LogP contribution in [-0.4, -0.2) is 26.2 Å². The second-order valence-corrected chi connectivity index (χ2v) is 5.91. The van der Waals surface area contributed by atoms with E-state index >= 15 is 0 Å². The largest absolute Gasteiger partial charge is 0.493 e. The molecule has 0 fully saturated rings. The molecule has 0 saturated carbocycles. The van der Waals surface area contributed by atoms with Crippen molar-refractivity contribution in [3.8, 4) is 17.2 Å². The van der Waals surface area contributed by atoms with Crippen LogP contribution in [0.25, 0.3) is 0 Å². The molecule has 1 N–H and O–H groups in total. The Morgan fingerprint density at radius 3 is 2.36 bits per heavy atom. The summed E-state index contributed by atoms with van der Waals surface area (Å²) >= 11 is 0. The van der Waals surface area contributed by atoms with Crippen LogP contribution in [0, 0.1) is 13.8 Å². The van der Waals surface area contributed by atoms with Gasteiger partial charge < -0.3 is 19.5 Å². The molecule has 1 atom stereocenters. The van der Waals surface area contributed by atoms with Gasteiger partial charge in [0.2, 0.25) is 0 Å². The molecule has 0 aliphatic rings. The van der Waals surface area contributed by atoms with E-state index in [0.29, 0.717) is 23.8 Å². The molecule has 5 nitrogen and oxygen atoms in total. The van der Waals surface area contributed by atoms with E-state index in [-0.39, 0.29) is 5.91 Å². The highest BCUT2D eigenvalue weighted by Gasteiger charge is 2.15. The van der Waals surface area contributed by atoms with Crippen LogP contribution in [0.5, 0.6) is 17.2 Å². The van der Waals surface area contributed by atoms with Gasteiger partial charge in [0.15, 0.2) is 17.6 Å². The molecule has 134 valence electrons. The first kappa shape index (κ1) is 18.6. The summed E-state index contributed by atoms with van der Waals surface area (Å²) in [4.78, 5) is 12.3. The molecule has 0 radical (unpaired) electrons. The summed E-state index contributed by atoms with van der Waals surface area (Å²) < 4.78 is 16.2. The lowest BCUT2D eigenvalue weighted by molar-refractivity contribution is -0.127. The monoisotopic (exact) mass is 343 g/mol. The number of methoxy groups -OCH3 is 2. The topological polar surface area (TPSA) is 56.8 Å². The Morgan fingerprint density at radius 1 is 1.00 bits per heavy atom. The third kappa shape index (κ3) is 4.89. The average molecular weight is 343 g/mol. The first-order valence-electron chi connectivity index (χ1n) is 8.17. The van der Waals surface area contributed by atoms with Crippen LogP contribution < -0.4 is 19.5 Å². The summed E-state index contributed by atoms with van der Waals surface area (Å²) in [5, 5.41) is 2.87. The Morgan fingerprint density at radius 2 is 1.72 bits per heavy atom. The van der Waals surface area contributed by atoms with E-state index in [0.717, 1.165) is 11.1 Å². The molecular weight excluding hydrogens is 318 g/mol. The fraction of sp³-hybridized carbons (Fsp3) is 0.350. The van der Waals surface area contributed by atoms with Gasteiger partial charge in [0.25, 0.3) is 5.91 Å². The number of amides is 1. The second kappa shape index (κ2) is 8.42. The molecule has 0 aliphatic heterocycles. The van der Waals surface area contributed by atoms with Crippen LogP contribution in [0.2, 0.25) is 0 Å². The van der Waals surface area contributed by atoms with Crippen LogP contribution in [0.15, 0.2) is 36.4 Å². The summed E-state index contributed by atoms with van der Waals surface area (Å²) in [7, 11) is 3.17. The minimum absolute atomic E-state index is 0.173. The second-order valence-electron chi connectivity index (χ2n) is 5.91. The van der Waals surface area contributed by atoms with E-state index in [1.807, 2.05) is 50.2 Å². The van der Waals surface area contributed by atoms with Gasteiger partial charge in [0.05, 0.1) is 14.2 Å². The molecule has 0 saturated heterocycles. The maximum atomic E-state index is 12.3. The number of rotatable bonds is 7. The highest BCUT2D eigenvalue weighted by Crippen LogP contribution is 2.27. The summed E-state index contributed by atoms with van der Waals surface area (Å²) in [6.45, 7) is 6.18. The van der Waals surface area contributed by atoms with Gasteiger partial charge in [-0.1, -0.05) is 12.1 Å². The van der Waals surface area contributed by atoms with Crippen molar-refractivity contribution < 1.29 is 19.0 Å². The van der Waals surface area contributed by atoms with Crippen LogP contribution >= 0.6 is 0 Å². The summed E-state index contributed by atoms with van der Waals surface area (Å²) in [6, 6.07) is 11.3. The van der Waals surface area contributed by atoms with Gasteiger partial charge >= 0.3 is 0 Å². The number of hydrogen-bond acceptors (Lipinski definition) is 4. The predicted octanol–water partition coefficient (Wildman–Crippen LogP) is 3.40. The molecule has 1 amide bonds. The maximum Gasteiger partial charge on any atom is 0.261 e. The lowest BCUT2D eigenvalue weighted by Gasteiger charge is -2.16. The van der Waals surface area contributed by atoms with Crippen molar-refractivity contribution in [2.75, 3.05) is 14.2 Å². The average Bonchev–Trinajstić information content (AvgIpc) is 2.62. The molecule has 0 spiro atoms. The number of hydrogen-bond donors (Lipinski definition) is 1. The predicted molar refractivity (Wildman–Crippen MR) is 97.4 cm³/mol. The van der Waals surface area contributed by atoms with Crippen molar-refractivity contribution in [1.29, 1.82) is 0 Å². The Labute approximate surface area is 148 Å². The SMILES string of the molecule is COc1ccc(CNC(=O)[C@@H](C)Oc2ccc(C)c(C)c2)cc1OC. The van der Waals surface area contributed by atoms with E-state index in [1.54, 1.807) is 21.1 Å². The molecule has 0 unspecified atom stereocenters. The van der Waals surface area contributed by atoms with Crippen LogP contribution in [0.3, 0.4) is 0 Å². The minimum Gasteiger partial charge on any atom is -0.493 e. The fourth-order valence-corrected chi connectivity index (χ4v) is 2.37.